The van der Waals surface area contributed by atoms with Gasteiger partial charge in [-0.2, -0.15) is 0 Å². The summed E-state index contributed by atoms with van der Waals surface area (Å²) in [6.45, 7) is 11.2. The molecule has 0 aromatic heterocycles. The average molecular weight is 285 g/mol. The second-order valence-corrected chi connectivity index (χ2v) is 5.78. The number of rotatable bonds is 14. The van der Waals surface area contributed by atoms with Crippen molar-refractivity contribution in [3.05, 3.63) is 0 Å². The normalized spacial score (nSPS) is 11.0. The van der Waals surface area contributed by atoms with Crippen LogP contribution in [-0.4, -0.2) is 32.1 Å². The molecule has 0 aromatic rings. The number of nitrogens with one attached hydrogen (secondary N) is 2. The molecule has 3 nitrogen and oxygen atoms in total. The van der Waals surface area contributed by atoms with Crippen LogP contribution in [0.25, 0.3) is 0 Å². The highest BCUT2D eigenvalue weighted by Gasteiger charge is 2.04. The van der Waals surface area contributed by atoms with E-state index < -0.39 is 0 Å². The quantitative estimate of drug-likeness (QED) is 0.473. The molecule has 0 unspecified atom stereocenters. The first-order valence-corrected chi connectivity index (χ1v) is 8.84. The molecule has 2 N–H and O–H groups in total. The van der Waals surface area contributed by atoms with Crippen LogP contribution in [0.15, 0.2) is 0 Å². The Morgan fingerprint density at radius 2 is 1.50 bits per heavy atom. The molecule has 0 aliphatic rings. The Hall–Kier alpha value is -0.570. The Balaban J connectivity index is 3.28. The molecular weight excluding hydrogens is 248 g/mol. The van der Waals surface area contributed by atoms with E-state index in [-0.39, 0.29) is 5.91 Å². The summed E-state index contributed by atoms with van der Waals surface area (Å²) in [7, 11) is 0. The third kappa shape index (κ3) is 12.5. The number of amides is 1. The highest BCUT2D eigenvalue weighted by atomic mass is 16.1. The third-order valence-electron chi connectivity index (χ3n) is 4.04. The van der Waals surface area contributed by atoms with Gasteiger partial charge in [0.1, 0.15) is 0 Å². The predicted molar refractivity (Wildman–Crippen MR) is 87.1 cm³/mol. The van der Waals surface area contributed by atoms with Crippen molar-refractivity contribution in [1.29, 1.82) is 0 Å². The topological polar surface area (TPSA) is 33.5 Å². The Morgan fingerprint density at radius 1 is 0.850 bits per heavy atom. The van der Waals surface area contributed by atoms with Crippen LogP contribution >= 0.6 is 0 Å². The van der Waals surface area contributed by atoms with Crippen LogP contribution < -0.4 is 10.2 Å². The molecule has 0 saturated heterocycles. The van der Waals surface area contributed by atoms with E-state index in [0.717, 1.165) is 19.4 Å². The number of quaternary nitrogens is 1. The lowest BCUT2D eigenvalue weighted by Crippen LogP contribution is -3.11. The Bertz CT molecular complexity index is 215. The van der Waals surface area contributed by atoms with Crippen molar-refractivity contribution in [2.75, 3.05) is 26.2 Å². The zero-order chi connectivity index (χ0) is 15.1. The Kier molecular flexibility index (Phi) is 14.4. The monoisotopic (exact) mass is 285 g/mol. The van der Waals surface area contributed by atoms with E-state index >= 15 is 0 Å². The van der Waals surface area contributed by atoms with E-state index in [4.69, 9.17) is 0 Å². The molecule has 3 heteroatoms. The number of unbranched alkanes of at least 4 members (excludes halogenated alkanes) is 6. The summed E-state index contributed by atoms with van der Waals surface area (Å²) >= 11 is 0. The van der Waals surface area contributed by atoms with Gasteiger partial charge in [-0.05, 0) is 33.1 Å². The smallest absolute Gasteiger partial charge is 0.219 e. The second kappa shape index (κ2) is 14.8. The van der Waals surface area contributed by atoms with E-state index in [0.29, 0.717) is 6.42 Å². The zero-order valence-electron chi connectivity index (χ0n) is 14.1. The van der Waals surface area contributed by atoms with Crippen LogP contribution in [0.5, 0.6) is 0 Å². The predicted octanol–water partition coefficient (Wildman–Crippen LogP) is 2.56. The van der Waals surface area contributed by atoms with Crippen LogP contribution in [0.4, 0.5) is 0 Å². The lowest BCUT2D eigenvalue weighted by atomic mass is 10.1. The van der Waals surface area contributed by atoms with Crippen LogP contribution in [-0.2, 0) is 4.79 Å². The first kappa shape index (κ1) is 19.4. The summed E-state index contributed by atoms with van der Waals surface area (Å²) < 4.78 is 0. The maximum absolute atomic E-state index is 11.6. The summed E-state index contributed by atoms with van der Waals surface area (Å²) in [6.07, 6.45) is 10.6. The van der Waals surface area contributed by atoms with Crippen molar-refractivity contribution in [2.45, 2.75) is 78.6 Å². The summed E-state index contributed by atoms with van der Waals surface area (Å²) in [5, 5.41) is 3.04. The Labute approximate surface area is 126 Å². The molecule has 0 bridgehead atoms. The number of hydrogen-bond donors (Lipinski definition) is 2. The Morgan fingerprint density at radius 3 is 2.15 bits per heavy atom. The molecule has 0 aliphatic carbocycles. The van der Waals surface area contributed by atoms with E-state index in [1.807, 2.05) is 0 Å². The van der Waals surface area contributed by atoms with Gasteiger partial charge in [0, 0.05) is 13.0 Å². The van der Waals surface area contributed by atoms with Crippen molar-refractivity contribution >= 4 is 5.91 Å². The SMILES string of the molecule is CCCCCCCCNC(=O)CCCC[NH+](CC)CC. The van der Waals surface area contributed by atoms with Gasteiger partial charge in [-0.25, -0.2) is 0 Å². The van der Waals surface area contributed by atoms with E-state index in [1.165, 1.54) is 58.2 Å². The van der Waals surface area contributed by atoms with Gasteiger partial charge < -0.3 is 10.2 Å². The lowest BCUT2D eigenvalue weighted by Gasteiger charge is -2.14. The second-order valence-electron chi connectivity index (χ2n) is 5.78. The summed E-state index contributed by atoms with van der Waals surface area (Å²) in [4.78, 5) is 13.3. The minimum atomic E-state index is 0.244. The van der Waals surface area contributed by atoms with Crippen molar-refractivity contribution in [3.8, 4) is 0 Å². The first-order chi connectivity index (χ1) is 9.74. The molecule has 0 aliphatic heterocycles. The number of hydrogen-bond acceptors (Lipinski definition) is 1. The fraction of sp³-hybridized carbons (Fsp3) is 0.941. The molecule has 120 valence electrons. The molecule has 0 radical (unpaired) electrons. The summed E-state index contributed by atoms with van der Waals surface area (Å²) in [5.74, 6) is 0.244. The molecule has 0 atom stereocenters. The van der Waals surface area contributed by atoms with Gasteiger partial charge in [0.2, 0.25) is 5.91 Å². The van der Waals surface area contributed by atoms with Crippen molar-refractivity contribution in [3.63, 3.8) is 0 Å². The average Bonchev–Trinajstić information content (AvgIpc) is 2.46. The maximum atomic E-state index is 11.6. The summed E-state index contributed by atoms with van der Waals surface area (Å²) in [6, 6.07) is 0. The first-order valence-electron chi connectivity index (χ1n) is 8.84. The molecule has 20 heavy (non-hydrogen) atoms. The van der Waals surface area contributed by atoms with Crippen LogP contribution in [0, 0.1) is 0 Å². The fourth-order valence-electron chi connectivity index (χ4n) is 2.49. The largest absolute Gasteiger partial charge is 0.356 e. The van der Waals surface area contributed by atoms with Crippen LogP contribution in [0.1, 0.15) is 78.6 Å². The molecule has 0 aromatic carbocycles. The lowest BCUT2D eigenvalue weighted by molar-refractivity contribution is -0.896. The number of carbonyl (C=O) groups excluding carboxylic acids is 1. The van der Waals surface area contributed by atoms with Gasteiger partial charge in [0.15, 0.2) is 0 Å². The zero-order valence-corrected chi connectivity index (χ0v) is 14.1. The minimum Gasteiger partial charge on any atom is -0.356 e. The molecule has 0 saturated carbocycles. The highest BCUT2D eigenvalue weighted by molar-refractivity contribution is 5.75. The molecule has 1 amide bonds. The van der Waals surface area contributed by atoms with E-state index in [9.17, 15) is 4.79 Å². The van der Waals surface area contributed by atoms with E-state index in [1.54, 1.807) is 4.90 Å². The molecular formula is C17H37N2O+. The maximum Gasteiger partial charge on any atom is 0.219 e. The molecule has 0 fully saturated rings. The van der Waals surface area contributed by atoms with Crippen molar-refractivity contribution in [1.82, 2.24) is 5.32 Å². The fourth-order valence-corrected chi connectivity index (χ4v) is 2.49. The van der Waals surface area contributed by atoms with Crippen LogP contribution in [0.2, 0.25) is 0 Å². The van der Waals surface area contributed by atoms with Crippen molar-refractivity contribution in [2.24, 2.45) is 0 Å². The van der Waals surface area contributed by atoms with Gasteiger partial charge in [-0.3, -0.25) is 4.79 Å². The number of carbonyl (C=O) groups is 1. The van der Waals surface area contributed by atoms with E-state index in [2.05, 4.69) is 26.1 Å². The molecule has 0 rings (SSSR count). The molecule has 0 heterocycles. The molecule has 0 spiro atoms. The van der Waals surface area contributed by atoms with Gasteiger partial charge in [-0.15, -0.1) is 0 Å². The summed E-state index contributed by atoms with van der Waals surface area (Å²) in [5.41, 5.74) is 0. The van der Waals surface area contributed by atoms with Crippen molar-refractivity contribution < 1.29 is 9.69 Å². The highest BCUT2D eigenvalue weighted by Crippen LogP contribution is 2.04. The minimum absolute atomic E-state index is 0.244. The standard InChI is InChI=1S/C17H36N2O/c1-4-7-8-9-10-12-15-18-17(20)14-11-13-16-19(5-2)6-3/h4-16H2,1-3H3,(H,18,20)/p+1. The van der Waals surface area contributed by atoms with Gasteiger partial charge >= 0.3 is 0 Å². The van der Waals surface area contributed by atoms with Gasteiger partial charge in [0.05, 0.1) is 19.6 Å². The van der Waals surface area contributed by atoms with Crippen LogP contribution in [0.3, 0.4) is 0 Å². The van der Waals surface area contributed by atoms with Gasteiger partial charge in [-0.1, -0.05) is 39.0 Å². The third-order valence-corrected chi connectivity index (χ3v) is 4.04. The van der Waals surface area contributed by atoms with Gasteiger partial charge in [0.25, 0.3) is 0 Å².